The first-order valence-electron chi connectivity index (χ1n) is 5.79. The second-order valence-corrected chi connectivity index (χ2v) is 3.73. The van der Waals surface area contributed by atoms with Crippen molar-refractivity contribution in [1.82, 2.24) is 0 Å². The summed E-state index contributed by atoms with van der Waals surface area (Å²) < 4.78 is 16.5. The average molecular weight is 279 g/mol. The fourth-order valence-corrected chi connectivity index (χ4v) is 1.46. The van der Waals surface area contributed by atoms with Gasteiger partial charge in [0.25, 0.3) is 0 Å². The number of ketones is 1. The molecule has 0 radical (unpaired) electrons. The quantitative estimate of drug-likeness (QED) is 0.455. The predicted octanol–water partition coefficient (Wildman–Crippen LogP) is 2.32. The first kappa shape index (κ1) is 15.6. The molecule has 20 heavy (non-hydrogen) atoms. The van der Waals surface area contributed by atoms with E-state index >= 15 is 0 Å². The lowest BCUT2D eigenvalue weighted by molar-refractivity contribution is -0.185. The molecule has 1 aromatic carbocycles. The van der Waals surface area contributed by atoms with Crippen LogP contribution in [0.15, 0.2) is 40.9 Å². The van der Waals surface area contributed by atoms with Gasteiger partial charge in [0.2, 0.25) is 0 Å². The van der Waals surface area contributed by atoms with Gasteiger partial charge in [-0.25, -0.2) is 4.79 Å². The average Bonchev–Trinajstić information content (AvgIpc) is 2.49. The first-order chi connectivity index (χ1) is 9.62. The number of hydrogen-bond acceptors (Lipinski definition) is 5. The summed E-state index contributed by atoms with van der Waals surface area (Å²) in [6.07, 6.45) is 3.10. The maximum atomic E-state index is 12.1. The lowest BCUT2D eigenvalue weighted by atomic mass is 10.0. The molecule has 0 unspecified atom stereocenters. The van der Waals surface area contributed by atoms with Gasteiger partial charge in [0.15, 0.2) is 12.4 Å². The van der Waals surface area contributed by atoms with Crippen molar-refractivity contribution in [2.75, 3.05) is 13.7 Å². The van der Waals surface area contributed by atoms with Gasteiger partial charge in [0.1, 0.15) is 5.75 Å². The molecule has 0 aromatic heterocycles. The second kappa shape index (κ2) is 7.83. The maximum absolute atomic E-state index is 12.1. The van der Waals surface area contributed by atoms with Crippen LogP contribution in [-0.2, 0) is 9.74 Å². The van der Waals surface area contributed by atoms with Gasteiger partial charge in [-0.2, -0.15) is 0 Å². The van der Waals surface area contributed by atoms with Crippen LogP contribution in [0.2, 0.25) is 0 Å². The number of benzene rings is 1. The maximum Gasteiger partial charge on any atom is 0.385 e. The highest BCUT2D eigenvalue weighted by Crippen LogP contribution is 2.16. The molecular weight excluding hydrogens is 265 g/mol. The molecule has 0 bridgehead atoms. The molecule has 0 heterocycles. The van der Waals surface area contributed by atoms with Crippen molar-refractivity contribution >= 4 is 18.0 Å². The second-order valence-electron chi connectivity index (χ2n) is 3.73. The molecule has 5 nitrogen and oxygen atoms in total. The van der Waals surface area contributed by atoms with Crippen molar-refractivity contribution in [3.05, 3.63) is 41.5 Å². The molecule has 0 aliphatic heterocycles. The Kier molecular flexibility index (Phi) is 6.09. The minimum Gasteiger partial charge on any atom is -0.482 e. The Hall–Kier alpha value is -2.50. The van der Waals surface area contributed by atoms with Crippen LogP contribution in [-0.4, -0.2) is 31.6 Å². The smallest absolute Gasteiger partial charge is 0.385 e. The fraction of sp³-hybridized carbons (Fsp3) is 0.214. The Morgan fingerprint density at radius 1 is 1.40 bits per heavy atom. The van der Waals surface area contributed by atoms with Gasteiger partial charge < -0.3 is 4.74 Å². The van der Waals surface area contributed by atoms with Crippen LogP contribution in [0.5, 0.6) is 5.75 Å². The van der Waals surface area contributed by atoms with Gasteiger partial charge in [-0.1, -0.05) is 18.2 Å². The van der Waals surface area contributed by atoms with Gasteiger partial charge in [-0.3, -0.25) is 14.7 Å². The number of nitrogens with zero attached hydrogens (tertiary/aromatic N) is 1. The molecule has 0 saturated carbocycles. The van der Waals surface area contributed by atoms with Crippen LogP contribution >= 0.6 is 0 Å². The molecule has 0 atom stereocenters. The number of Topliss-reactive ketones (excluding diaryl/α,β-unsaturated/α-hetero) is 1. The van der Waals surface area contributed by atoms with Crippen molar-refractivity contribution in [1.29, 1.82) is 0 Å². The minimum absolute atomic E-state index is 0.225. The van der Waals surface area contributed by atoms with Crippen LogP contribution in [0.1, 0.15) is 17.3 Å². The van der Waals surface area contributed by atoms with Gasteiger partial charge in [-0.15, -0.1) is 0 Å². The summed E-state index contributed by atoms with van der Waals surface area (Å²) >= 11 is 0. The molecular formula is C14H14FNO4. The number of carbonyl (C=O) groups excluding carboxylic acids is 2. The highest BCUT2D eigenvalue weighted by Gasteiger charge is 2.11. The summed E-state index contributed by atoms with van der Waals surface area (Å²) in [4.78, 5) is 29.6. The van der Waals surface area contributed by atoms with Crippen LogP contribution in [0.3, 0.4) is 0 Å². The Balaban J connectivity index is 2.87. The van der Waals surface area contributed by atoms with E-state index in [4.69, 9.17) is 4.74 Å². The van der Waals surface area contributed by atoms with E-state index in [9.17, 15) is 14.1 Å². The molecule has 0 aliphatic rings. The zero-order valence-corrected chi connectivity index (χ0v) is 11.1. The first-order valence-corrected chi connectivity index (χ1v) is 5.79. The highest BCUT2D eigenvalue weighted by molar-refractivity contribution is 6.21. The monoisotopic (exact) mass is 279 g/mol. The molecule has 0 amide bonds. The van der Waals surface area contributed by atoms with Gasteiger partial charge in [0, 0.05) is 28.9 Å². The van der Waals surface area contributed by atoms with E-state index in [2.05, 4.69) is 9.93 Å². The normalized spacial score (nSPS) is 11.4. The van der Waals surface area contributed by atoms with Crippen molar-refractivity contribution in [2.24, 2.45) is 4.99 Å². The number of allylic oxidation sites excluding steroid dienone is 2. The van der Waals surface area contributed by atoms with Crippen LogP contribution in [0.25, 0.3) is 0 Å². The molecule has 0 fully saturated rings. The third-order valence-corrected chi connectivity index (χ3v) is 2.38. The zero-order valence-electron chi connectivity index (χ0n) is 11.1. The lowest BCUT2D eigenvalue weighted by Gasteiger charge is -2.06. The number of hydrogen-bond donors (Lipinski definition) is 0. The van der Waals surface area contributed by atoms with E-state index < -0.39 is 12.6 Å². The Labute approximate surface area is 115 Å². The molecule has 6 heteroatoms. The van der Waals surface area contributed by atoms with E-state index in [0.29, 0.717) is 11.1 Å². The SMILES string of the molecule is C/C=C(\C=NC)C(=O)c1cccc(OCC(=O)OF)c1. The number of halogens is 1. The van der Waals surface area contributed by atoms with Gasteiger partial charge in [-0.05, 0) is 19.1 Å². The Morgan fingerprint density at radius 3 is 2.75 bits per heavy atom. The van der Waals surface area contributed by atoms with E-state index in [1.54, 1.807) is 38.2 Å². The van der Waals surface area contributed by atoms with E-state index in [-0.39, 0.29) is 11.5 Å². The van der Waals surface area contributed by atoms with Crippen LogP contribution < -0.4 is 4.74 Å². The number of ether oxygens (including phenoxy) is 1. The van der Waals surface area contributed by atoms with Gasteiger partial charge >= 0.3 is 5.97 Å². The fourth-order valence-electron chi connectivity index (χ4n) is 1.46. The topological polar surface area (TPSA) is 65.0 Å². The Bertz CT molecular complexity index is 552. The standard InChI is InChI=1S/C14H14FNO4/c1-3-10(8-16-2)14(18)11-5-4-6-12(7-11)19-9-13(17)20-15/h3-8H,9H2,1-2H3/b10-3+,16-8?. The number of aliphatic imine (C=N–C) groups is 1. The molecule has 1 rings (SSSR count). The summed E-state index contributed by atoms with van der Waals surface area (Å²) in [5.74, 6) is -1.10. The third-order valence-electron chi connectivity index (χ3n) is 2.38. The zero-order chi connectivity index (χ0) is 15.0. The molecule has 0 saturated heterocycles. The molecule has 0 spiro atoms. The summed E-state index contributed by atoms with van der Waals surface area (Å²) in [6.45, 7) is 1.16. The minimum atomic E-state index is -1.14. The molecule has 0 aliphatic carbocycles. The van der Waals surface area contributed by atoms with Crippen LogP contribution in [0, 0.1) is 0 Å². The van der Waals surface area contributed by atoms with E-state index in [1.165, 1.54) is 12.3 Å². The summed E-state index contributed by atoms with van der Waals surface area (Å²) in [5, 5.41) is 0. The van der Waals surface area contributed by atoms with Crippen molar-refractivity contribution < 1.29 is 23.8 Å². The Morgan fingerprint density at radius 2 is 2.15 bits per heavy atom. The molecule has 1 aromatic rings. The number of carbonyl (C=O) groups is 2. The summed E-state index contributed by atoms with van der Waals surface area (Å²) in [7, 11) is 1.57. The van der Waals surface area contributed by atoms with E-state index in [1.807, 2.05) is 0 Å². The van der Waals surface area contributed by atoms with Crippen molar-refractivity contribution in [2.45, 2.75) is 6.92 Å². The highest BCUT2D eigenvalue weighted by atomic mass is 19.3. The van der Waals surface area contributed by atoms with Crippen molar-refractivity contribution in [3.63, 3.8) is 0 Å². The van der Waals surface area contributed by atoms with E-state index in [0.717, 1.165) is 0 Å². The third kappa shape index (κ3) is 4.31. The molecule has 0 N–H and O–H groups in total. The van der Waals surface area contributed by atoms with Crippen LogP contribution in [0.4, 0.5) is 4.53 Å². The molecule has 106 valence electrons. The predicted molar refractivity (Wildman–Crippen MR) is 71.6 cm³/mol. The summed E-state index contributed by atoms with van der Waals surface area (Å²) in [5.41, 5.74) is 0.817. The van der Waals surface area contributed by atoms with Gasteiger partial charge in [0.05, 0.1) is 0 Å². The van der Waals surface area contributed by atoms with Crippen molar-refractivity contribution in [3.8, 4) is 5.75 Å². The largest absolute Gasteiger partial charge is 0.482 e. The lowest BCUT2D eigenvalue weighted by Crippen LogP contribution is -2.11. The summed E-state index contributed by atoms with van der Waals surface area (Å²) in [6, 6.07) is 6.21. The number of rotatable bonds is 6.